The molecule has 1 aromatic rings. The van der Waals surface area contributed by atoms with E-state index in [0.29, 0.717) is 18.4 Å². The van der Waals surface area contributed by atoms with Gasteiger partial charge in [-0.15, -0.1) is 0 Å². The third-order valence-corrected chi connectivity index (χ3v) is 4.77. The molecule has 0 bridgehead atoms. The van der Waals surface area contributed by atoms with Crippen LogP contribution in [0.4, 0.5) is 10.1 Å². The number of hydrogen-bond donors (Lipinski definition) is 2. The summed E-state index contributed by atoms with van der Waals surface area (Å²) in [6.45, 7) is 2.35. The van der Waals surface area contributed by atoms with E-state index >= 15 is 0 Å². The molecule has 0 aliphatic heterocycles. The highest BCUT2D eigenvalue weighted by molar-refractivity contribution is 7.89. The van der Waals surface area contributed by atoms with Crippen molar-refractivity contribution in [1.29, 1.82) is 0 Å². The maximum Gasteiger partial charge on any atom is 0.243 e. The largest absolute Gasteiger partial charge is 0.396 e. The van der Waals surface area contributed by atoms with Crippen LogP contribution in [0.15, 0.2) is 17.0 Å². The molecule has 100 valence electrons. The molecule has 18 heavy (non-hydrogen) atoms. The average Bonchev–Trinajstić information content (AvgIpc) is 2.97. The zero-order valence-corrected chi connectivity index (χ0v) is 11.4. The van der Waals surface area contributed by atoms with Crippen molar-refractivity contribution in [2.75, 3.05) is 12.3 Å². The van der Waals surface area contributed by atoms with E-state index in [1.807, 2.05) is 6.92 Å². The number of rotatable bonds is 4. The maximum absolute atomic E-state index is 13.7. The molecule has 2 unspecified atom stereocenters. The van der Waals surface area contributed by atoms with Crippen molar-refractivity contribution >= 4 is 27.3 Å². The molecule has 0 amide bonds. The Bertz CT molecular complexity index is 577. The Morgan fingerprint density at radius 1 is 1.56 bits per heavy atom. The molecule has 1 aliphatic rings. The zero-order chi connectivity index (χ0) is 13.5. The van der Waals surface area contributed by atoms with Crippen LogP contribution in [0.25, 0.3) is 0 Å². The standard InChI is InChI=1S/C11H14ClFN2O2S/c1-6-2-7(6)5-15-18(16,17)10-4-8(12)3-9(14)11(10)13/h3-4,6-7,15H,2,5,14H2,1H3. The highest BCUT2D eigenvalue weighted by atomic mass is 35.5. The van der Waals surface area contributed by atoms with E-state index in [-0.39, 0.29) is 10.7 Å². The first-order valence-electron chi connectivity index (χ1n) is 5.55. The van der Waals surface area contributed by atoms with Crippen molar-refractivity contribution < 1.29 is 12.8 Å². The van der Waals surface area contributed by atoms with Crippen LogP contribution in [0, 0.1) is 17.7 Å². The summed E-state index contributed by atoms with van der Waals surface area (Å²) >= 11 is 5.69. The fourth-order valence-corrected chi connectivity index (χ4v) is 3.27. The third-order valence-electron chi connectivity index (χ3n) is 3.13. The lowest BCUT2D eigenvalue weighted by Crippen LogP contribution is -2.27. The van der Waals surface area contributed by atoms with Gasteiger partial charge in [0.25, 0.3) is 0 Å². The van der Waals surface area contributed by atoms with E-state index < -0.39 is 20.7 Å². The topological polar surface area (TPSA) is 72.2 Å². The molecule has 0 saturated heterocycles. The van der Waals surface area contributed by atoms with Gasteiger partial charge in [-0.2, -0.15) is 0 Å². The monoisotopic (exact) mass is 292 g/mol. The van der Waals surface area contributed by atoms with Gasteiger partial charge in [0.2, 0.25) is 10.0 Å². The van der Waals surface area contributed by atoms with Gasteiger partial charge in [0.05, 0.1) is 5.69 Å². The fraction of sp³-hybridized carbons (Fsp3) is 0.455. The molecule has 0 heterocycles. The van der Waals surface area contributed by atoms with Crippen LogP contribution < -0.4 is 10.5 Å². The Morgan fingerprint density at radius 2 is 2.17 bits per heavy atom. The predicted octanol–water partition coefficient (Wildman–Crippen LogP) is 2.00. The molecule has 0 spiro atoms. The molecular formula is C11H14ClFN2O2S. The van der Waals surface area contributed by atoms with Crippen molar-refractivity contribution in [3.8, 4) is 0 Å². The van der Waals surface area contributed by atoms with Gasteiger partial charge >= 0.3 is 0 Å². The van der Waals surface area contributed by atoms with Crippen molar-refractivity contribution in [1.82, 2.24) is 4.72 Å². The van der Waals surface area contributed by atoms with Gasteiger partial charge in [0.15, 0.2) is 5.82 Å². The predicted molar refractivity (Wildman–Crippen MR) is 68.3 cm³/mol. The van der Waals surface area contributed by atoms with Gasteiger partial charge in [-0.3, -0.25) is 0 Å². The Hall–Kier alpha value is -0.850. The number of benzene rings is 1. The highest BCUT2D eigenvalue weighted by Gasteiger charge is 2.34. The van der Waals surface area contributed by atoms with E-state index in [1.165, 1.54) is 6.07 Å². The number of anilines is 1. The number of hydrogen-bond acceptors (Lipinski definition) is 3. The molecule has 3 N–H and O–H groups in total. The minimum Gasteiger partial charge on any atom is -0.396 e. The van der Waals surface area contributed by atoms with Crippen LogP contribution in [0.5, 0.6) is 0 Å². The van der Waals surface area contributed by atoms with Crippen LogP contribution in [0.3, 0.4) is 0 Å². The first-order chi connectivity index (χ1) is 8.31. The first kappa shape index (κ1) is 13.6. The van der Waals surface area contributed by atoms with Gasteiger partial charge in [0, 0.05) is 11.6 Å². The van der Waals surface area contributed by atoms with Crippen molar-refractivity contribution in [3.05, 3.63) is 23.0 Å². The number of nitrogen functional groups attached to an aromatic ring is 1. The molecule has 0 aromatic heterocycles. The SMILES string of the molecule is CC1CC1CNS(=O)(=O)c1cc(Cl)cc(N)c1F. The van der Waals surface area contributed by atoms with E-state index in [0.717, 1.165) is 12.5 Å². The minimum atomic E-state index is -3.90. The lowest BCUT2D eigenvalue weighted by atomic mass is 10.3. The lowest BCUT2D eigenvalue weighted by Gasteiger charge is -2.09. The number of halogens is 2. The van der Waals surface area contributed by atoms with Crippen molar-refractivity contribution in [2.24, 2.45) is 11.8 Å². The summed E-state index contributed by atoms with van der Waals surface area (Å²) in [7, 11) is -3.90. The quantitative estimate of drug-likeness (QED) is 0.834. The van der Waals surface area contributed by atoms with Crippen molar-refractivity contribution in [2.45, 2.75) is 18.2 Å². The number of sulfonamides is 1. The minimum absolute atomic E-state index is 0.0917. The van der Waals surface area contributed by atoms with Gasteiger partial charge < -0.3 is 5.73 Å². The second-order valence-electron chi connectivity index (χ2n) is 4.63. The first-order valence-corrected chi connectivity index (χ1v) is 7.41. The summed E-state index contributed by atoms with van der Waals surface area (Å²) < 4.78 is 39.9. The van der Waals surface area contributed by atoms with Crippen LogP contribution in [-0.2, 0) is 10.0 Å². The molecule has 0 radical (unpaired) electrons. The molecule has 7 heteroatoms. The Kier molecular flexibility index (Phi) is 3.53. The van der Waals surface area contributed by atoms with E-state index in [1.54, 1.807) is 0 Å². The normalized spacial score (nSPS) is 23.1. The highest BCUT2D eigenvalue weighted by Crippen LogP contribution is 2.37. The van der Waals surface area contributed by atoms with Gasteiger partial charge in [-0.25, -0.2) is 17.5 Å². The van der Waals surface area contributed by atoms with Crippen LogP contribution in [0.1, 0.15) is 13.3 Å². The summed E-state index contributed by atoms with van der Waals surface area (Å²) in [5.41, 5.74) is 5.08. The summed E-state index contributed by atoms with van der Waals surface area (Å²) in [4.78, 5) is -0.499. The van der Waals surface area contributed by atoms with E-state index in [9.17, 15) is 12.8 Å². The van der Waals surface area contributed by atoms with Gasteiger partial charge in [-0.05, 0) is 30.4 Å². The second-order valence-corrected chi connectivity index (χ2v) is 6.80. The molecule has 1 fully saturated rings. The Labute approximate surface area is 110 Å². The third kappa shape index (κ3) is 2.76. The average molecular weight is 293 g/mol. The van der Waals surface area contributed by atoms with Crippen LogP contribution in [-0.4, -0.2) is 15.0 Å². The summed E-state index contributed by atoms with van der Waals surface area (Å²) in [5, 5.41) is 0.0917. The Balaban J connectivity index is 2.23. The zero-order valence-electron chi connectivity index (χ0n) is 9.78. The summed E-state index contributed by atoms with van der Waals surface area (Å²) in [5.74, 6) is -0.114. The summed E-state index contributed by atoms with van der Waals surface area (Å²) in [6, 6.07) is 2.24. The van der Waals surface area contributed by atoms with Gasteiger partial charge in [-0.1, -0.05) is 18.5 Å². The number of nitrogens with one attached hydrogen (secondary N) is 1. The second kappa shape index (κ2) is 4.68. The van der Waals surface area contributed by atoms with Crippen molar-refractivity contribution in [3.63, 3.8) is 0 Å². The Morgan fingerprint density at radius 3 is 2.72 bits per heavy atom. The number of nitrogens with two attached hydrogens (primary N) is 1. The smallest absolute Gasteiger partial charge is 0.243 e. The van der Waals surface area contributed by atoms with E-state index in [4.69, 9.17) is 17.3 Å². The maximum atomic E-state index is 13.7. The van der Waals surface area contributed by atoms with Crippen LogP contribution >= 0.6 is 11.6 Å². The van der Waals surface area contributed by atoms with Crippen LogP contribution in [0.2, 0.25) is 5.02 Å². The molecule has 4 nitrogen and oxygen atoms in total. The van der Waals surface area contributed by atoms with E-state index in [2.05, 4.69) is 4.72 Å². The molecule has 1 aliphatic carbocycles. The van der Waals surface area contributed by atoms with Gasteiger partial charge in [0.1, 0.15) is 4.90 Å². The molecule has 2 atom stereocenters. The molecule has 1 aromatic carbocycles. The molecule has 1 saturated carbocycles. The molecular weight excluding hydrogens is 279 g/mol. The summed E-state index contributed by atoms with van der Waals surface area (Å²) in [6.07, 6.45) is 0.989. The molecule has 2 rings (SSSR count). The lowest BCUT2D eigenvalue weighted by molar-refractivity contribution is 0.554. The fourth-order valence-electron chi connectivity index (χ4n) is 1.76.